The van der Waals surface area contributed by atoms with Crippen molar-refractivity contribution in [2.45, 2.75) is 20.4 Å². The molecule has 4 heteroatoms. The lowest BCUT2D eigenvalue weighted by Crippen LogP contribution is -2.04. The largest absolute Gasteiger partial charge is 0.493 e. The molecular weight excluding hydrogens is 244 g/mol. The van der Waals surface area contributed by atoms with Gasteiger partial charge in [-0.3, -0.25) is 0 Å². The fourth-order valence-electron chi connectivity index (χ4n) is 1.79. The van der Waals surface area contributed by atoms with E-state index < -0.39 is 0 Å². The van der Waals surface area contributed by atoms with Crippen molar-refractivity contribution in [2.24, 2.45) is 0 Å². The first kappa shape index (κ1) is 13.1. The molecule has 1 aromatic heterocycles. The number of benzene rings is 1. The molecule has 0 saturated heterocycles. The van der Waals surface area contributed by atoms with Crippen LogP contribution >= 0.6 is 11.3 Å². The highest BCUT2D eigenvalue weighted by Gasteiger charge is 2.10. The van der Waals surface area contributed by atoms with E-state index in [1.165, 1.54) is 5.56 Å². The molecule has 0 fully saturated rings. The van der Waals surface area contributed by atoms with Crippen LogP contribution in [-0.4, -0.2) is 18.6 Å². The van der Waals surface area contributed by atoms with Crippen molar-refractivity contribution < 1.29 is 4.74 Å². The Hall–Kier alpha value is -1.39. The maximum Gasteiger partial charge on any atom is 0.128 e. The van der Waals surface area contributed by atoms with Gasteiger partial charge in [0.1, 0.15) is 10.8 Å². The number of thiazole rings is 1. The van der Waals surface area contributed by atoms with Crippen LogP contribution < -0.4 is 10.1 Å². The van der Waals surface area contributed by atoms with Gasteiger partial charge in [-0.15, -0.1) is 11.3 Å². The average molecular weight is 262 g/mol. The van der Waals surface area contributed by atoms with Crippen molar-refractivity contribution in [1.29, 1.82) is 0 Å². The molecule has 3 nitrogen and oxygen atoms in total. The van der Waals surface area contributed by atoms with Crippen LogP contribution in [0.3, 0.4) is 0 Å². The van der Waals surface area contributed by atoms with E-state index in [4.69, 9.17) is 4.74 Å². The molecule has 0 aliphatic rings. The highest BCUT2D eigenvalue weighted by Crippen LogP contribution is 2.31. The number of rotatable bonds is 5. The number of aromatic nitrogens is 1. The Morgan fingerprint density at radius 1 is 1.39 bits per heavy atom. The molecule has 0 aliphatic carbocycles. The molecule has 0 spiro atoms. The highest BCUT2D eigenvalue weighted by molar-refractivity contribution is 7.09. The molecule has 18 heavy (non-hydrogen) atoms. The van der Waals surface area contributed by atoms with E-state index in [0.717, 1.165) is 28.6 Å². The first-order valence-corrected chi connectivity index (χ1v) is 6.95. The van der Waals surface area contributed by atoms with Gasteiger partial charge in [0.05, 0.1) is 12.3 Å². The Bertz CT molecular complexity index is 522. The van der Waals surface area contributed by atoms with E-state index in [1.54, 1.807) is 11.3 Å². The highest BCUT2D eigenvalue weighted by atomic mass is 32.1. The predicted molar refractivity (Wildman–Crippen MR) is 76.2 cm³/mol. The van der Waals surface area contributed by atoms with Gasteiger partial charge in [0, 0.05) is 17.5 Å². The van der Waals surface area contributed by atoms with Crippen LogP contribution in [-0.2, 0) is 6.54 Å². The van der Waals surface area contributed by atoms with E-state index in [0.29, 0.717) is 6.61 Å². The third-order valence-electron chi connectivity index (χ3n) is 2.59. The Morgan fingerprint density at radius 3 is 2.94 bits per heavy atom. The standard InChI is InChI=1S/C14H18N2OS/c1-4-17-13-6-5-10(2)7-11(13)12-9-18-14(16-12)8-15-3/h5-7,9,15H,4,8H2,1-3H3. The maximum atomic E-state index is 5.66. The topological polar surface area (TPSA) is 34.1 Å². The molecule has 0 amide bonds. The molecule has 1 aromatic carbocycles. The van der Waals surface area contributed by atoms with Crippen molar-refractivity contribution in [3.63, 3.8) is 0 Å². The van der Waals surface area contributed by atoms with Crippen molar-refractivity contribution in [3.8, 4) is 17.0 Å². The zero-order chi connectivity index (χ0) is 13.0. The minimum absolute atomic E-state index is 0.670. The van der Waals surface area contributed by atoms with Crippen molar-refractivity contribution in [1.82, 2.24) is 10.3 Å². The number of nitrogens with one attached hydrogen (secondary N) is 1. The monoisotopic (exact) mass is 262 g/mol. The summed E-state index contributed by atoms with van der Waals surface area (Å²) in [6.07, 6.45) is 0. The van der Waals surface area contributed by atoms with Crippen LogP contribution in [0.25, 0.3) is 11.3 Å². The summed E-state index contributed by atoms with van der Waals surface area (Å²) in [6.45, 7) is 5.56. The smallest absolute Gasteiger partial charge is 0.128 e. The molecule has 0 atom stereocenters. The van der Waals surface area contributed by atoms with Crippen LogP contribution in [0.4, 0.5) is 0 Å². The maximum absolute atomic E-state index is 5.66. The number of aryl methyl sites for hydroxylation is 1. The Kier molecular flexibility index (Phi) is 4.33. The molecular formula is C14H18N2OS. The summed E-state index contributed by atoms with van der Waals surface area (Å²) < 4.78 is 5.66. The minimum atomic E-state index is 0.670. The van der Waals surface area contributed by atoms with Gasteiger partial charge in [-0.2, -0.15) is 0 Å². The molecule has 2 aromatic rings. The minimum Gasteiger partial charge on any atom is -0.493 e. The zero-order valence-corrected chi connectivity index (χ0v) is 11.8. The molecule has 96 valence electrons. The predicted octanol–water partition coefficient (Wildman–Crippen LogP) is 3.24. The van der Waals surface area contributed by atoms with Crippen molar-refractivity contribution in [3.05, 3.63) is 34.2 Å². The van der Waals surface area contributed by atoms with E-state index >= 15 is 0 Å². The van der Waals surface area contributed by atoms with Gasteiger partial charge in [-0.1, -0.05) is 11.6 Å². The first-order valence-electron chi connectivity index (χ1n) is 6.07. The summed E-state index contributed by atoms with van der Waals surface area (Å²) in [5.74, 6) is 0.907. The van der Waals surface area contributed by atoms with Crippen LogP contribution in [0, 0.1) is 6.92 Å². The SMILES string of the molecule is CCOc1ccc(C)cc1-c1csc(CNC)n1. The van der Waals surface area contributed by atoms with Gasteiger partial charge < -0.3 is 10.1 Å². The third kappa shape index (κ3) is 2.89. The molecule has 1 heterocycles. The number of nitrogens with zero attached hydrogens (tertiary/aromatic N) is 1. The number of hydrogen-bond acceptors (Lipinski definition) is 4. The van der Waals surface area contributed by atoms with Gasteiger partial charge in [0.25, 0.3) is 0 Å². The van der Waals surface area contributed by atoms with Crippen LogP contribution in [0.2, 0.25) is 0 Å². The summed E-state index contributed by atoms with van der Waals surface area (Å²) in [6, 6.07) is 6.21. The zero-order valence-electron chi connectivity index (χ0n) is 11.0. The summed E-state index contributed by atoms with van der Waals surface area (Å²) >= 11 is 1.67. The normalized spacial score (nSPS) is 10.6. The second-order valence-electron chi connectivity index (χ2n) is 4.09. The van der Waals surface area contributed by atoms with E-state index in [1.807, 2.05) is 20.0 Å². The second-order valence-corrected chi connectivity index (χ2v) is 5.03. The van der Waals surface area contributed by atoms with Gasteiger partial charge in [0.15, 0.2) is 0 Å². The summed E-state index contributed by atoms with van der Waals surface area (Å²) in [7, 11) is 1.93. The number of hydrogen-bond donors (Lipinski definition) is 1. The summed E-state index contributed by atoms with van der Waals surface area (Å²) in [5, 5.41) is 6.30. The lowest BCUT2D eigenvalue weighted by Gasteiger charge is -2.09. The Labute approximate surface area is 112 Å². The quantitative estimate of drug-likeness (QED) is 0.898. The lowest BCUT2D eigenvalue weighted by atomic mass is 10.1. The Balaban J connectivity index is 2.37. The fourth-order valence-corrected chi connectivity index (χ4v) is 2.60. The van der Waals surface area contributed by atoms with Crippen LogP contribution in [0.5, 0.6) is 5.75 Å². The molecule has 0 aliphatic heterocycles. The molecule has 0 bridgehead atoms. The summed E-state index contributed by atoms with van der Waals surface area (Å²) in [4.78, 5) is 4.63. The van der Waals surface area contributed by atoms with E-state index in [9.17, 15) is 0 Å². The van der Waals surface area contributed by atoms with Gasteiger partial charge in [-0.05, 0) is 33.0 Å². The second kappa shape index (κ2) is 5.98. The first-order chi connectivity index (χ1) is 8.74. The Morgan fingerprint density at radius 2 is 2.22 bits per heavy atom. The van der Waals surface area contributed by atoms with Gasteiger partial charge >= 0.3 is 0 Å². The molecule has 2 rings (SSSR count). The number of ether oxygens (including phenoxy) is 1. The van der Waals surface area contributed by atoms with Crippen molar-refractivity contribution in [2.75, 3.05) is 13.7 Å². The summed E-state index contributed by atoms with van der Waals surface area (Å²) in [5.41, 5.74) is 3.30. The van der Waals surface area contributed by atoms with Gasteiger partial charge in [-0.25, -0.2) is 4.98 Å². The van der Waals surface area contributed by atoms with Crippen LogP contribution in [0.15, 0.2) is 23.6 Å². The van der Waals surface area contributed by atoms with Gasteiger partial charge in [0.2, 0.25) is 0 Å². The lowest BCUT2D eigenvalue weighted by molar-refractivity contribution is 0.341. The molecule has 1 N–H and O–H groups in total. The molecule has 0 unspecified atom stereocenters. The van der Waals surface area contributed by atoms with E-state index in [-0.39, 0.29) is 0 Å². The third-order valence-corrected chi connectivity index (χ3v) is 3.44. The van der Waals surface area contributed by atoms with Crippen molar-refractivity contribution >= 4 is 11.3 Å². The molecule has 0 radical (unpaired) electrons. The average Bonchev–Trinajstić information content (AvgIpc) is 2.81. The van der Waals surface area contributed by atoms with Crippen LogP contribution in [0.1, 0.15) is 17.5 Å². The van der Waals surface area contributed by atoms with E-state index in [2.05, 4.69) is 34.7 Å². The molecule has 0 saturated carbocycles. The fraction of sp³-hybridized carbons (Fsp3) is 0.357.